The molecule has 2 heterocycles. The zero-order chi connectivity index (χ0) is 21.3. The smallest absolute Gasteiger partial charge is 0.241 e. The van der Waals surface area contributed by atoms with E-state index in [0.717, 1.165) is 16.8 Å². The molecule has 0 fully saturated rings. The Kier molecular flexibility index (Phi) is 5.77. The molecule has 0 aliphatic carbocycles. The van der Waals surface area contributed by atoms with Crippen LogP contribution < -0.4 is 10.0 Å². The van der Waals surface area contributed by atoms with E-state index < -0.39 is 22.0 Å². The number of aromatic nitrogens is 2. The Balaban J connectivity index is 1.72. The summed E-state index contributed by atoms with van der Waals surface area (Å²) in [6, 6.07) is 6.70. The second-order valence-corrected chi connectivity index (χ2v) is 9.00. The van der Waals surface area contributed by atoms with Gasteiger partial charge in [0.1, 0.15) is 5.65 Å². The number of carbonyl (C=O) groups excluding carboxylic acids is 1. The van der Waals surface area contributed by atoms with Gasteiger partial charge in [-0.3, -0.25) is 4.79 Å². The fourth-order valence-corrected chi connectivity index (χ4v) is 5.15. The van der Waals surface area contributed by atoms with Gasteiger partial charge in [-0.05, 0) is 69.0 Å². The summed E-state index contributed by atoms with van der Waals surface area (Å²) in [6.45, 7) is 9.07. The Morgan fingerprint density at radius 1 is 1.14 bits per heavy atom. The number of imidazole rings is 1. The van der Waals surface area contributed by atoms with Crippen molar-refractivity contribution in [1.82, 2.24) is 19.4 Å². The van der Waals surface area contributed by atoms with Gasteiger partial charge in [0.05, 0.1) is 23.2 Å². The number of aryl methyl sites for hydroxylation is 2. The average molecular weight is 415 g/mol. The lowest BCUT2D eigenvalue weighted by atomic mass is 10.0. The summed E-state index contributed by atoms with van der Waals surface area (Å²) in [4.78, 5) is 17.1. The van der Waals surface area contributed by atoms with Crippen molar-refractivity contribution in [2.45, 2.75) is 52.1 Å². The Morgan fingerprint density at radius 2 is 1.79 bits per heavy atom. The average Bonchev–Trinajstić information content (AvgIpc) is 3.07. The van der Waals surface area contributed by atoms with Gasteiger partial charge in [-0.15, -0.1) is 0 Å². The van der Waals surface area contributed by atoms with Crippen molar-refractivity contribution in [2.24, 2.45) is 0 Å². The highest BCUT2D eigenvalue weighted by atomic mass is 32.2. The van der Waals surface area contributed by atoms with Gasteiger partial charge in [0.15, 0.2) is 0 Å². The molecule has 0 radical (unpaired) electrons. The minimum absolute atomic E-state index is 0.216. The molecule has 1 atom stereocenters. The maximum atomic E-state index is 13.0. The Hall–Kier alpha value is -2.71. The van der Waals surface area contributed by atoms with Crippen molar-refractivity contribution >= 4 is 21.6 Å². The zero-order valence-electron chi connectivity index (χ0n) is 17.3. The molecule has 0 bridgehead atoms. The van der Waals surface area contributed by atoms with Gasteiger partial charge in [0.2, 0.25) is 15.9 Å². The Bertz CT molecular complexity index is 1120. The third kappa shape index (κ3) is 4.33. The Labute approximate surface area is 171 Å². The van der Waals surface area contributed by atoms with Crippen LogP contribution in [0.5, 0.6) is 0 Å². The van der Waals surface area contributed by atoms with Gasteiger partial charge >= 0.3 is 0 Å². The quantitative estimate of drug-likeness (QED) is 0.648. The van der Waals surface area contributed by atoms with Crippen molar-refractivity contribution in [3.63, 3.8) is 0 Å². The minimum atomic E-state index is -3.84. The number of benzene rings is 1. The first-order chi connectivity index (χ1) is 13.6. The topological polar surface area (TPSA) is 92.6 Å². The second-order valence-electron chi connectivity index (χ2n) is 7.35. The standard InChI is InChI=1S/C21H26N4O3S/c1-13-10-14(2)16(4)20(15(13)3)29(27,28)24-17(5)21(26)22-11-18-12-25-9-7-6-8-19(25)23-18/h6-10,12,17,24H,11H2,1-5H3,(H,22,26)/t17-/m0/s1. The molecule has 0 unspecified atom stereocenters. The van der Waals surface area contributed by atoms with E-state index in [4.69, 9.17) is 0 Å². The molecule has 0 aliphatic rings. The molecule has 154 valence electrons. The highest BCUT2D eigenvalue weighted by Gasteiger charge is 2.26. The molecule has 1 aromatic carbocycles. The van der Waals surface area contributed by atoms with E-state index in [0.29, 0.717) is 16.8 Å². The van der Waals surface area contributed by atoms with Gasteiger partial charge in [0, 0.05) is 12.4 Å². The molecule has 0 aliphatic heterocycles. The summed E-state index contributed by atoms with van der Waals surface area (Å²) in [6.07, 6.45) is 3.70. The number of rotatable bonds is 6. The molecule has 29 heavy (non-hydrogen) atoms. The molecule has 1 amide bonds. The molecule has 0 spiro atoms. The van der Waals surface area contributed by atoms with Crippen LogP contribution in [0.25, 0.3) is 5.65 Å². The summed E-state index contributed by atoms with van der Waals surface area (Å²) < 4.78 is 30.3. The number of hydrogen-bond acceptors (Lipinski definition) is 4. The first-order valence-electron chi connectivity index (χ1n) is 9.40. The lowest BCUT2D eigenvalue weighted by Gasteiger charge is -2.19. The van der Waals surface area contributed by atoms with Crippen LogP contribution in [0.15, 0.2) is 41.6 Å². The third-order valence-corrected chi connectivity index (χ3v) is 6.96. The van der Waals surface area contributed by atoms with Crippen LogP contribution in [-0.2, 0) is 21.4 Å². The van der Waals surface area contributed by atoms with Crippen LogP contribution in [0.4, 0.5) is 0 Å². The highest BCUT2D eigenvalue weighted by Crippen LogP contribution is 2.26. The lowest BCUT2D eigenvalue weighted by Crippen LogP contribution is -2.44. The minimum Gasteiger partial charge on any atom is -0.349 e. The highest BCUT2D eigenvalue weighted by molar-refractivity contribution is 7.89. The van der Waals surface area contributed by atoms with Crippen molar-refractivity contribution in [2.75, 3.05) is 0 Å². The molecular formula is C21H26N4O3S. The van der Waals surface area contributed by atoms with E-state index >= 15 is 0 Å². The normalized spacial score (nSPS) is 12.9. The largest absolute Gasteiger partial charge is 0.349 e. The van der Waals surface area contributed by atoms with Crippen molar-refractivity contribution in [1.29, 1.82) is 0 Å². The number of pyridine rings is 1. The molecule has 3 rings (SSSR count). The molecule has 0 saturated carbocycles. The SMILES string of the molecule is Cc1cc(C)c(C)c(S(=O)(=O)N[C@@H](C)C(=O)NCc2cn3ccccc3n2)c1C. The summed E-state index contributed by atoms with van der Waals surface area (Å²) >= 11 is 0. The number of sulfonamides is 1. The summed E-state index contributed by atoms with van der Waals surface area (Å²) in [5.41, 5.74) is 4.66. The number of nitrogens with zero attached hydrogens (tertiary/aromatic N) is 2. The molecular weight excluding hydrogens is 388 g/mol. The van der Waals surface area contributed by atoms with E-state index in [9.17, 15) is 13.2 Å². The number of nitrogens with one attached hydrogen (secondary N) is 2. The lowest BCUT2D eigenvalue weighted by molar-refractivity contribution is -0.122. The van der Waals surface area contributed by atoms with Crippen molar-refractivity contribution < 1.29 is 13.2 Å². The molecule has 7 nitrogen and oxygen atoms in total. The number of carbonyl (C=O) groups is 1. The van der Waals surface area contributed by atoms with E-state index in [1.165, 1.54) is 6.92 Å². The van der Waals surface area contributed by atoms with E-state index in [2.05, 4.69) is 15.0 Å². The predicted molar refractivity (Wildman–Crippen MR) is 112 cm³/mol. The fourth-order valence-electron chi connectivity index (χ4n) is 3.33. The maximum absolute atomic E-state index is 13.0. The Morgan fingerprint density at radius 3 is 2.41 bits per heavy atom. The van der Waals surface area contributed by atoms with Crippen molar-refractivity contribution in [3.05, 3.63) is 64.6 Å². The van der Waals surface area contributed by atoms with Gasteiger partial charge in [-0.1, -0.05) is 12.1 Å². The molecule has 8 heteroatoms. The van der Waals surface area contributed by atoms with E-state index in [1.807, 2.05) is 54.9 Å². The predicted octanol–water partition coefficient (Wildman–Crippen LogP) is 2.55. The van der Waals surface area contributed by atoms with Crippen molar-refractivity contribution in [3.8, 4) is 0 Å². The summed E-state index contributed by atoms with van der Waals surface area (Å²) in [5.74, 6) is -0.412. The number of fused-ring (bicyclic) bond motifs is 1. The zero-order valence-corrected chi connectivity index (χ0v) is 18.1. The van der Waals surface area contributed by atoms with E-state index in [-0.39, 0.29) is 11.4 Å². The van der Waals surface area contributed by atoms with Crippen LogP contribution in [0.2, 0.25) is 0 Å². The van der Waals surface area contributed by atoms with Crippen LogP contribution in [-0.4, -0.2) is 29.8 Å². The fraction of sp³-hybridized carbons (Fsp3) is 0.333. The van der Waals surface area contributed by atoms with Crippen LogP contribution in [0.1, 0.15) is 34.9 Å². The van der Waals surface area contributed by atoms with Crippen LogP contribution >= 0.6 is 0 Å². The van der Waals surface area contributed by atoms with Gasteiger partial charge in [-0.25, -0.2) is 13.4 Å². The molecule has 3 aromatic rings. The first kappa shape index (κ1) is 21.0. The van der Waals surface area contributed by atoms with Gasteiger partial charge < -0.3 is 9.72 Å². The molecule has 2 aromatic heterocycles. The molecule has 0 saturated heterocycles. The monoisotopic (exact) mass is 414 g/mol. The first-order valence-corrected chi connectivity index (χ1v) is 10.9. The van der Waals surface area contributed by atoms with Crippen LogP contribution in [0.3, 0.4) is 0 Å². The maximum Gasteiger partial charge on any atom is 0.241 e. The molecule has 2 N–H and O–H groups in total. The van der Waals surface area contributed by atoms with Gasteiger partial charge in [0.25, 0.3) is 0 Å². The summed E-state index contributed by atoms with van der Waals surface area (Å²) in [5, 5.41) is 2.74. The van der Waals surface area contributed by atoms with E-state index in [1.54, 1.807) is 13.8 Å². The van der Waals surface area contributed by atoms with Gasteiger partial charge in [-0.2, -0.15) is 4.72 Å². The number of hydrogen-bond donors (Lipinski definition) is 2. The second kappa shape index (κ2) is 7.96. The summed E-state index contributed by atoms with van der Waals surface area (Å²) in [7, 11) is -3.84. The van der Waals surface area contributed by atoms with Crippen LogP contribution in [0, 0.1) is 27.7 Å². The number of amides is 1. The third-order valence-electron chi connectivity index (χ3n) is 5.15.